The van der Waals surface area contributed by atoms with E-state index < -0.39 is 5.91 Å². The predicted octanol–water partition coefficient (Wildman–Crippen LogP) is 2.59. The highest BCUT2D eigenvalue weighted by molar-refractivity contribution is 6.02. The van der Waals surface area contributed by atoms with Crippen LogP contribution in [0.25, 0.3) is 11.1 Å². The van der Waals surface area contributed by atoms with Gasteiger partial charge < -0.3 is 14.9 Å². The lowest BCUT2D eigenvalue weighted by Gasteiger charge is -2.05. The Morgan fingerprint density at radius 1 is 1.32 bits per heavy atom. The van der Waals surface area contributed by atoms with E-state index in [9.17, 15) is 10.0 Å². The van der Waals surface area contributed by atoms with Crippen molar-refractivity contribution in [3.63, 3.8) is 0 Å². The summed E-state index contributed by atoms with van der Waals surface area (Å²) in [5.74, 6) is 0.744. The molecule has 0 aliphatic heterocycles. The molecule has 1 fully saturated rings. The van der Waals surface area contributed by atoms with Gasteiger partial charge in [-0.2, -0.15) is 4.73 Å². The van der Waals surface area contributed by atoms with Crippen LogP contribution in [0.4, 0.5) is 5.69 Å². The number of nitrogens with zero attached hydrogens (tertiary/aromatic N) is 2. The quantitative estimate of drug-likeness (QED) is 0.594. The number of oxazole rings is 1. The van der Waals surface area contributed by atoms with Crippen LogP contribution in [0.2, 0.25) is 0 Å². The Balaban J connectivity index is 1.61. The zero-order valence-electron chi connectivity index (χ0n) is 11.7. The average Bonchev–Trinajstić information content (AvgIpc) is 3.27. The number of benzene rings is 1. The maximum atomic E-state index is 12.1. The number of amides is 1. The van der Waals surface area contributed by atoms with Gasteiger partial charge in [0, 0.05) is 23.7 Å². The second-order valence-corrected chi connectivity index (χ2v) is 5.37. The second kappa shape index (κ2) is 4.84. The third-order valence-electron chi connectivity index (χ3n) is 3.65. The molecule has 2 heterocycles. The molecule has 0 unspecified atom stereocenters. The predicted molar refractivity (Wildman–Crippen MR) is 79.3 cm³/mol. The van der Waals surface area contributed by atoms with Crippen LogP contribution in [0.5, 0.6) is 0 Å². The molecular weight excluding hydrogens is 282 g/mol. The first kappa shape index (κ1) is 12.8. The van der Waals surface area contributed by atoms with Gasteiger partial charge in [-0.15, -0.1) is 0 Å². The van der Waals surface area contributed by atoms with E-state index in [1.54, 1.807) is 30.3 Å². The summed E-state index contributed by atoms with van der Waals surface area (Å²) in [6, 6.07) is 9.96. The number of carbonyl (C=O) groups excluding carboxylic acids is 1. The maximum absolute atomic E-state index is 12.1. The minimum absolute atomic E-state index is 0.0430. The molecule has 1 aliphatic carbocycles. The number of aromatic nitrogens is 2. The Morgan fingerprint density at radius 3 is 2.95 bits per heavy atom. The zero-order chi connectivity index (χ0) is 15.1. The van der Waals surface area contributed by atoms with E-state index in [4.69, 9.17) is 4.42 Å². The van der Waals surface area contributed by atoms with Gasteiger partial charge in [0.1, 0.15) is 5.52 Å². The van der Waals surface area contributed by atoms with Gasteiger partial charge >= 0.3 is 5.91 Å². The smallest absolute Gasteiger partial charge is 0.321 e. The molecule has 6 nitrogen and oxygen atoms in total. The lowest BCUT2D eigenvalue weighted by atomic mass is 10.2. The first-order chi connectivity index (χ1) is 10.7. The SMILES string of the molecule is O=C(Nc1ccc2oc(C3CC3)nc2c1)c1cccc[n+]1[O-]. The summed E-state index contributed by atoms with van der Waals surface area (Å²) in [7, 11) is 0. The van der Waals surface area contributed by atoms with Crippen molar-refractivity contribution in [2.24, 2.45) is 0 Å². The molecule has 0 radical (unpaired) electrons. The Labute approximate surface area is 126 Å². The number of hydrogen-bond acceptors (Lipinski definition) is 4. The molecule has 110 valence electrons. The third-order valence-corrected chi connectivity index (χ3v) is 3.65. The number of fused-ring (bicyclic) bond motifs is 1. The maximum Gasteiger partial charge on any atom is 0.321 e. The summed E-state index contributed by atoms with van der Waals surface area (Å²) >= 11 is 0. The van der Waals surface area contributed by atoms with Crippen LogP contribution in [0.1, 0.15) is 35.1 Å². The number of nitrogens with one attached hydrogen (secondary N) is 1. The van der Waals surface area contributed by atoms with Crippen LogP contribution in [0.15, 0.2) is 47.0 Å². The standard InChI is InChI=1S/C16H13N3O3/c20-15(13-3-1-2-8-19(13)21)17-11-6-7-14-12(9-11)18-16(22-14)10-4-5-10/h1-3,6-10H,4-5H2,(H,17,20). The third kappa shape index (κ3) is 2.28. The molecule has 1 saturated carbocycles. The highest BCUT2D eigenvalue weighted by Crippen LogP contribution is 2.40. The first-order valence-electron chi connectivity index (χ1n) is 7.11. The van der Waals surface area contributed by atoms with Crippen molar-refractivity contribution in [1.82, 2.24) is 4.98 Å². The van der Waals surface area contributed by atoms with Crippen LogP contribution in [-0.4, -0.2) is 10.9 Å². The number of anilines is 1. The molecule has 0 bridgehead atoms. The molecular formula is C16H13N3O3. The Bertz CT molecular complexity index is 868. The molecule has 2 aromatic heterocycles. The van der Waals surface area contributed by atoms with Crippen molar-refractivity contribution in [2.75, 3.05) is 5.32 Å². The minimum Gasteiger partial charge on any atom is -0.618 e. The molecule has 22 heavy (non-hydrogen) atoms. The highest BCUT2D eigenvalue weighted by Gasteiger charge is 2.29. The van der Waals surface area contributed by atoms with Crippen LogP contribution in [0, 0.1) is 5.21 Å². The monoisotopic (exact) mass is 295 g/mol. The van der Waals surface area contributed by atoms with Crippen molar-refractivity contribution in [3.8, 4) is 0 Å². The molecule has 0 saturated heterocycles. The van der Waals surface area contributed by atoms with Crippen molar-refractivity contribution >= 4 is 22.7 Å². The van der Waals surface area contributed by atoms with E-state index >= 15 is 0 Å². The summed E-state index contributed by atoms with van der Waals surface area (Å²) < 4.78 is 6.21. The van der Waals surface area contributed by atoms with E-state index in [-0.39, 0.29) is 5.69 Å². The molecule has 1 N–H and O–H groups in total. The van der Waals surface area contributed by atoms with Gasteiger partial charge in [0.15, 0.2) is 17.7 Å². The van der Waals surface area contributed by atoms with Gasteiger partial charge in [0.05, 0.1) is 0 Å². The van der Waals surface area contributed by atoms with Gasteiger partial charge in [-0.3, -0.25) is 4.79 Å². The highest BCUT2D eigenvalue weighted by atomic mass is 16.5. The normalized spacial score (nSPS) is 14.2. The lowest BCUT2D eigenvalue weighted by Crippen LogP contribution is -2.36. The summed E-state index contributed by atoms with van der Waals surface area (Å²) in [5.41, 5.74) is 2.04. The average molecular weight is 295 g/mol. The van der Waals surface area contributed by atoms with Gasteiger partial charge in [-0.1, -0.05) is 0 Å². The fraction of sp³-hybridized carbons (Fsp3) is 0.188. The van der Waals surface area contributed by atoms with Crippen LogP contribution >= 0.6 is 0 Å². The molecule has 1 amide bonds. The van der Waals surface area contributed by atoms with Gasteiger partial charge in [0.2, 0.25) is 0 Å². The van der Waals surface area contributed by atoms with Gasteiger partial charge in [-0.05, 0) is 37.1 Å². The van der Waals surface area contributed by atoms with Crippen LogP contribution < -0.4 is 10.0 Å². The van der Waals surface area contributed by atoms with Gasteiger partial charge in [0.25, 0.3) is 5.69 Å². The Hall–Kier alpha value is -2.89. The fourth-order valence-corrected chi connectivity index (χ4v) is 2.33. The fourth-order valence-electron chi connectivity index (χ4n) is 2.33. The summed E-state index contributed by atoms with van der Waals surface area (Å²) in [5, 5.41) is 14.3. The molecule has 4 rings (SSSR count). The van der Waals surface area contributed by atoms with Crippen molar-refractivity contribution < 1.29 is 13.9 Å². The molecule has 1 aromatic carbocycles. The lowest BCUT2D eigenvalue weighted by molar-refractivity contribution is -0.607. The van der Waals surface area contributed by atoms with Gasteiger partial charge in [-0.25, -0.2) is 4.98 Å². The Morgan fingerprint density at radius 2 is 2.18 bits per heavy atom. The minimum atomic E-state index is -0.458. The molecule has 0 atom stereocenters. The van der Waals surface area contributed by atoms with E-state index in [0.29, 0.717) is 27.4 Å². The van der Waals surface area contributed by atoms with Crippen molar-refractivity contribution in [3.05, 3.63) is 59.4 Å². The second-order valence-electron chi connectivity index (χ2n) is 5.37. The summed E-state index contributed by atoms with van der Waals surface area (Å²) in [4.78, 5) is 16.6. The molecule has 6 heteroatoms. The van der Waals surface area contributed by atoms with Crippen molar-refractivity contribution in [1.29, 1.82) is 0 Å². The molecule has 0 spiro atoms. The molecule has 1 aliphatic rings. The summed E-state index contributed by atoms with van der Waals surface area (Å²) in [6.07, 6.45) is 3.53. The largest absolute Gasteiger partial charge is 0.618 e. The Kier molecular flexibility index (Phi) is 2.82. The van der Waals surface area contributed by atoms with Crippen molar-refractivity contribution in [2.45, 2.75) is 18.8 Å². The van der Waals surface area contributed by atoms with Crippen LogP contribution in [0.3, 0.4) is 0 Å². The van der Waals surface area contributed by atoms with E-state index in [0.717, 1.165) is 18.7 Å². The first-order valence-corrected chi connectivity index (χ1v) is 7.11. The van der Waals surface area contributed by atoms with E-state index in [1.165, 1.54) is 12.3 Å². The number of hydrogen-bond donors (Lipinski definition) is 1. The van der Waals surface area contributed by atoms with E-state index in [2.05, 4.69) is 10.3 Å². The van der Waals surface area contributed by atoms with E-state index in [1.807, 2.05) is 0 Å². The topological polar surface area (TPSA) is 82.1 Å². The summed E-state index contributed by atoms with van der Waals surface area (Å²) in [6.45, 7) is 0. The number of pyridine rings is 1. The molecule has 3 aromatic rings. The number of rotatable bonds is 3. The number of carbonyl (C=O) groups is 1. The zero-order valence-corrected chi connectivity index (χ0v) is 11.7. The van der Waals surface area contributed by atoms with Crippen LogP contribution in [-0.2, 0) is 0 Å².